The van der Waals surface area contributed by atoms with E-state index in [1.54, 1.807) is 25.3 Å². The number of imidazole rings is 1. The molecule has 1 atom stereocenters. The van der Waals surface area contributed by atoms with Crippen molar-refractivity contribution in [2.45, 2.75) is 25.9 Å². The molecule has 0 fully saturated rings. The van der Waals surface area contributed by atoms with Crippen molar-refractivity contribution in [2.24, 2.45) is 7.05 Å². The predicted octanol–water partition coefficient (Wildman–Crippen LogP) is 0.904. The summed E-state index contributed by atoms with van der Waals surface area (Å²) < 4.78 is 7.08. The molecule has 3 rings (SSSR count). The second kappa shape index (κ2) is 5.57. The summed E-state index contributed by atoms with van der Waals surface area (Å²) in [7, 11) is 5.52. The van der Waals surface area contributed by atoms with Gasteiger partial charge in [-0.05, 0) is 6.92 Å². The van der Waals surface area contributed by atoms with Crippen LogP contribution in [0.2, 0.25) is 0 Å². The van der Waals surface area contributed by atoms with Crippen molar-refractivity contribution < 1.29 is 9.32 Å². The number of carbonyl (C=O) groups is 1. The van der Waals surface area contributed by atoms with Crippen LogP contribution in [0.5, 0.6) is 0 Å². The summed E-state index contributed by atoms with van der Waals surface area (Å²) in [5.41, 5.74) is 2.87. The van der Waals surface area contributed by atoms with Crippen molar-refractivity contribution in [3.8, 4) is 0 Å². The third kappa shape index (κ3) is 2.64. The minimum atomic E-state index is -0.195. The Kier molecular flexibility index (Phi) is 3.74. The Morgan fingerprint density at radius 1 is 1.50 bits per heavy atom. The fourth-order valence-corrected chi connectivity index (χ4v) is 3.03. The first-order valence-electron chi connectivity index (χ1n) is 7.31. The van der Waals surface area contributed by atoms with E-state index < -0.39 is 0 Å². The lowest BCUT2D eigenvalue weighted by Gasteiger charge is -2.32. The maximum absolute atomic E-state index is 12.5. The van der Waals surface area contributed by atoms with Crippen molar-refractivity contribution in [2.75, 3.05) is 20.6 Å². The molecule has 0 saturated heterocycles. The van der Waals surface area contributed by atoms with Crippen LogP contribution in [0.1, 0.15) is 28.8 Å². The third-order valence-electron chi connectivity index (χ3n) is 4.01. The number of likely N-dealkylation sites (N-methyl/N-ethyl adjacent to an activating group) is 1. The lowest BCUT2D eigenvalue weighted by Crippen LogP contribution is -2.41. The van der Waals surface area contributed by atoms with E-state index in [0.717, 1.165) is 29.4 Å². The normalized spacial score (nSPS) is 18.3. The zero-order valence-corrected chi connectivity index (χ0v) is 13.4. The van der Waals surface area contributed by atoms with E-state index in [0.29, 0.717) is 13.1 Å². The summed E-state index contributed by atoms with van der Waals surface area (Å²) in [6.07, 6.45) is 1.78. The van der Waals surface area contributed by atoms with Gasteiger partial charge in [-0.3, -0.25) is 9.69 Å². The highest BCUT2D eigenvalue weighted by molar-refractivity contribution is 5.83. The fraction of sp³-hybridized carbons (Fsp3) is 0.533. The molecule has 1 amide bonds. The van der Waals surface area contributed by atoms with Gasteiger partial charge in [-0.1, -0.05) is 5.16 Å². The molecule has 0 bridgehead atoms. The lowest BCUT2D eigenvalue weighted by atomic mass is 9.96. The first-order valence-corrected chi connectivity index (χ1v) is 7.31. The lowest BCUT2D eigenvalue weighted by molar-refractivity contribution is -0.131. The number of nitrogens with zero attached hydrogens (tertiary/aromatic N) is 5. The van der Waals surface area contributed by atoms with Crippen LogP contribution in [0, 0.1) is 6.92 Å². The van der Waals surface area contributed by atoms with E-state index in [-0.39, 0.29) is 11.8 Å². The molecule has 0 aliphatic carbocycles. The topological polar surface area (TPSA) is 67.4 Å². The Bertz CT molecular complexity index is 688. The highest BCUT2D eigenvalue weighted by atomic mass is 16.5. The molecular weight excluding hydrogens is 282 g/mol. The van der Waals surface area contributed by atoms with Gasteiger partial charge in [0, 0.05) is 46.8 Å². The SMILES string of the molecule is Cc1cc(CN2Cc3ncn(C)c3[C@@H](C(=O)N(C)C)C2)no1. The minimum absolute atomic E-state index is 0.103. The number of carbonyl (C=O) groups excluding carboxylic acids is 1. The van der Waals surface area contributed by atoms with Crippen molar-refractivity contribution in [1.29, 1.82) is 0 Å². The average molecular weight is 303 g/mol. The molecule has 0 saturated carbocycles. The number of rotatable bonds is 3. The number of amides is 1. The van der Waals surface area contributed by atoms with Crippen LogP contribution in [-0.2, 0) is 24.9 Å². The number of hydrogen-bond donors (Lipinski definition) is 0. The van der Waals surface area contributed by atoms with Crippen LogP contribution >= 0.6 is 0 Å². The highest BCUT2D eigenvalue weighted by Crippen LogP contribution is 2.29. The second-order valence-corrected chi connectivity index (χ2v) is 6.07. The van der Waals surface area contributed by atoms with Gasteiger partial charge in [0.15, 0.2) is 0 Å². The van der Waals surface area contributed by atoms with Crippen molar-refractivity contribution in [3.63, 3.8) is 0 Å². The summed E-state index contributed by atoms with van der Waals surface area (Å²) in [5, 5.41) is 4.04. The minimum Gasteiger partial charge on any atom is -0.361 e. The summed E-state index contributed by atoms with van der Waals surface area (Å²) in [6.45, 7) is 3.92. The molecule has 7 nitrogen and oxygen atoms in total. The molecular formula is C15H21N5O2. The van der Waals surface area contributed by atoms with E-state index in [9.17, 15) is 4.79 Å². The Morgan fingerprint density at radius 3 is 2.91 bits per heavy atom. The molecule has 2 aromatic heterocycles. The molecule has 2 aromatic rings. The molecule has 118 valence electrons. The number of fused-ring (bicyclic) bond motifs is 1. The molecule has 0 unspecified atom stereocenters. The van der Waals surface area contributed by atoms with E-state index in [1.165, 1.54) is 0 Å². The van der Waals surface area contributed by atoms with Crippen molar-refractivity contribution in [1.82, 2.24) is 24.5 Å². The second-order valence-electron chi connectivity index (χ2n) is 6.07. The molecule has 1 aliphatic heterocycles. The van der Waals surface area contributed by atoms with Gasteiger partial charge in [0.1, 0.15) is 5.76 Å². The first kappa shape index (κ1) is 14.8. The van der Waals surface area contributed by atoms with Gasteiger partial charge in [0.25, 0.3) is 0 Å². The molecule has 0 radical (unpaired) electrons. The predicted molar refractivity (Wildman–Crippen MR) is 80.0 cm³/mol. The van der Waals surface area contributed by atoms with E-state index in [2.05, 4.69) is 15.0 Å². The summed E-state index contributed by atoms with van der Waals surface area (Å²) in [5.74, 6) is 0.705. The quantitative estimate of drug-likeness (QED) is 0.843. The van der Waals surface area contributed by atoms with Crippen LogP contribution in [0.15, 0.2) is 16.9 Å². The van der Waals surface area contributed by atoms with Crippen LogP contribution < -0.4 is 0 Å². The van der Waals surface area contributed by atoms with E-state index >= 15 is 0 Å². The van der Waals surface area contributed by atoms with E-state index in [4.69, 9.17) is 4.52 Å². The largest absolute Gasteiger partial charge is 0.361 e. The van der Waals surface area contributed by atoms with Gasteiger partial charge >= 0.3 is 0 Å². The zero-order chi connectivity index (χ0) is 15.9. The van der Waals surface area contributed by atoms with Crippen LogP contribution in [-0.4, -0.2) is 51.1 Å². The standard InChI is InChI=1S/C15H21N5O2/c1-10-5-11(17-22-10)6-20-7-12(15(21)18(2)3)14-13(8-20)16-9-19(14)4/h5,9,12H,6-8H2,1-4H3/t12-/m0/s1. The summed E-state index contributed by atoms with van der Waals surface area (Å²) in [6, 6.07) is 1.93. The Balaban J connectivity index is 1.86. The van der Waals surface area contributed by atoms with Gasteiger partial charge in [0.2, 0.25) is 5.91 Å². The third-order valence-corrected chi connectivity index (χ3v) is 4.01. The van der Waals surface area contributed by atoms with Crippen molar-refractivity contribution >= 4 is 5.91 Å². The molecule has 1 aliphatic rings. The zero-order valence-electron chi connectivity index (χ0n) is 13.4. The van der Waals surface area contributed by atoms with Crippen LogP contribution in [0.25, 0.3) is 0 Å². The molecule has 0 spiro atoms. The average Bonchev–Trinajstić information content (AvgIpc) is 3.04. The first-order chi connectivity index (χ1) is 10.5. The van der Waals surface area contributed by atoms with Gasteiger partial charge in [-0.2, -0.15) is 0 Å². The van der Waals surface area contributed by atoms with E-state index in [1.807, 2.05) is 24.6 Å². The Labute approximate surface area is 129 Å². The molecule has 7 heteroatoms. The maximum atomic E-state index is 12.5. The molecule has 3 heterocycles. The highest BCUT2D eigenvalue weighted by Gasteiger charge is 2.34. The Hall–Kier alpha value is -2.15. The molecule has 22 heavy (non-hydrogen) atoms. The van der Waals surface area contributed by atoms with Crippen LogP contribution in [0.3, 0.4) is 0 Å². The van der Waals surface area contributed by atoms with Gasteiger partial charge in [-0.25, -0.2) is 4.98 Å². The van der Waals surface area contributed by atoms with Crippen molar-refractivity contribution in [3.05, 3.63) is 35.2 Å². The number of aryl methyl sites for hydroxylation is 2. The van der Waals surface area contributed by atoms with Gasteiger partial charge in [-0.15, -0.1) is 0 Å². The van der Waals surface area contributed by atoms with Gasteiger partial charge in [0.05, 0.1) is 29.3 Å². The smallest absolute Gasteiger partial charge is 0.232 e. The Morgan fingerprint density at radius 2 is 2.27 bits per heavy atom. The molecule has 0 N–H and O–H groups in total. The monoisotopic (exact) mass is 303 g/mol. The maximum Gasteiger partial charge on any atom is 0.232 e. The summed E-state index contributed by atoms with van der Waals surface area (Å²) >= 11 is 0. The number of aromatic nitrogens is 3. The number of hydrogen-bond acceptors (Lipinski definition) is 5. The molecule has 0 aromatic carbocycles. The van der Waals surface area contributed by atoms with Gasteiger partial charge < -0.3 is 14.0 Å². The fourth-order valence-electron chi connectivity index (χ4n) is 3.03. The summed E-state index contributed by atoms with van der Waals surface area (Å²) in [4.78, 5) is 20.8. The van der Waals surface area contributed by atoms with Crippen LogP contribution in [0.4, 0.5) is 0 Å².